The van der Waals surface area contributed by atoms with Gasteiger partial charge in [0.25, 0.3) is 11.7 Å². The first-order valence-corrected chi connectivity index (χ1v) is 10.5. The Morgan fingerprint density at radius 3 is 2.33 bits per heavy atom. The third kappa shape index (κ3) is 4.17. The second-order valence-corrected chi connectivity index (χ2v) is 7.75. The second kappa shape index (κ2) is 9.26. The molecule has 0 spiro atoms. The predicted octanol–water partition coefficient (Wildman–Crippen LogP) is 4.07. The van der Waals surface area contributed by atoms with Crippen LogP contribution >= 0.6 is 0 Å². The Bertz CT molecular complexity index is 962. The summed E-state index contributed by atoms with van der Waals surface area (Å²) < 4.78 is 0. The average Bonchev–Trinajstić information content (AvgIpc) is 3.01. The zero-order chi connectivity index (χ0) is 21.8. The third-order valence-electron chi connectivity index (χ3n) is 5.86. The van der Waals surface area contributed by atoms with Gasteiger partial charge in [0.05, 0.1) is 11.6 Å². The van der Waals surface area contributed by atoms with E-state index >= 15 is 0 Å². The van der Waals surface area contributed by atoms with E-state index in [2.05, 4.69) is 18.7 Å². The molecule has 5 nitrogen and oxygen atoms in total. The number of nitrogens with zero attached hydrogens (tertiary/aromatic N) is 2. The molecule has 1 amide bonds. The lowest BCUT2D eigenvalue weighted by Crippen LogP contribution is -2.38. The van der Waals surface area contributed by atoms with Gasteiger partial charge in [-0.2, -0.15) is 0 Å². The normalized spacial score (nSPS) is 18.4. The van der Waals surface area contributed by atoms with Crippen LogP contribution in [0.1, 0.15) is 42.1 Å². The Kier molecular flexibility index (Phi) is 6.73. The maximum absolute atomic E-state index is 13.1. The molecule has 0 aliphatic carbocycles. The fraction of sp³-hybridized carbons (Fsp3) is 0.360. The van der Waals surface area contributed by atoms with E-state index in [1.807, 2.05) is 62.4 Å². The SMILES string of the molecule is CCN(CC)CCN1C(=O)C(=O)C(=C(O)c2cc(C)ccc2C)C1c1ccccc1. The van der Waals surface area contributed by atoms with E-state index in [1.54, 1.807) is 4.90 Å². The van der Waals surface area contributed by atoms with Gasteiger partial charge in [-0.05, 0) is 44.1 Å². The van der Waals surface area contributed by atoms with E-state index in [0.29, 0.717) is 18.7 Å². The van der Waals surface area contributed by atoms with Gasteiger partial charge in [0.1, 0.15) is 5.76 Å². The molecule has 1 heterocycles. The molecule has 1 N–H and O–H groups in total. The lowest BCUT2D eigenvalue weighted by molar-refractivity contribution is -0.140. The molecule has 1 atom stereocenters. The summed E-state index contributed by atoms with van der Waals surface area (Å²) >= 11 is 0. The van der Waals surface area contributed by atoms with Crippen LogP contribution in [0.2, 0.25) is 0 Å². The van der Waals surface area contributed by atoms with Crippen LogP contribution in [0.25, 0.3) is 5.76 Å². The van der Waals surface area contributed by atoms with Crippen LogP contribution in [0, 0.1) is 13.8 Å². The van der Waals surface area contributed by atoms with Crippen molar-refractivity contribution in [2.45, 2.75) is 33.7 Å². The maximum atomic E-state index is 13.1. The number of hydrogen-bond acceptors (Lipinski definition) is 4. The molecule has 0 bridgehead atoms. The quantitative estimate of drug-likeness (QED) is 0.428. The van der Waals surface area contributed by atoms with E-state index in [-0.39, 0.29) is 11.3 Å². The van der Waals surface area contributed by atoms with Crippen molar-refractivity contribution in [3.8, 4) is 0 Å². The molecule has 5 heteroatoms. The third-order valence-corrected chi connectivity index (χ3v) is 5.86. The topological polar surface area (TPSA) is 60.9 Å². The summed E-state index contributed by atoms with van der Waals surface area (Å²) in [5, 5.41) is 11.2. The molecule has 2 aromatic carbocycles. The van der Waals surface area contributed by atoms with Gasteiger partial charge in [0.15, 0.2) is 0 Å². The standard InChI is InChI=1S/C25H30N2O3/c1-5-26(6-2)14-15-27-22(19-10-8-7-9-11-19)21(24(29)25(27)30)23(28)20-16-17(3)12-13-18(20)4/h7-13,16,22,28H,5-6,14-15H2,1-4H3. The predicted molar refractivity (Wildman–Crippen MR) is 119 cm³/mol. The van der Waals surface area contributed by atoms with Crippen LogP contribution in [-0.2, 0) is 9.59 Å². The molecule has 1 aliphatic heterocycles. The fourth-order valence-corrected chi connectivity index (χ4v) is 4.02. The summed E-state index contributed by atoms with van der Waals surface area (Å²) in [6.45, 7) is 10.8. The van der Waals surface area contributed by atoms with E-state index in [0.717, 1.165) is 29.8 Å². The molecule has 1 unspecified atom stereocenters. The van der Waals surface area contributed by atoms with Gasteiger partial charge in [0, 0.05) is 18.7 Å². The number of likely N-dealkylation sites (N-methyl/N-ethyl adjacent to an activating group) is 1. The molecule has 0 saturated carbocycles. The van der Waals surface area contributed by atoms with Gasteiger partial charge in [0.2, 0.25) is 0 Å². The Balaban J connectivity index is 2.12. The van der Waals surface area contributed by atoms with Crippen LogP contribution in [0.5, 0.6) is 0 Å². The number of carbonyl (C=O) groups excluding carboxylic acids is 2. The number of hydrogen-bond donors (Lipinski definition) is 1. The molecular weight excluding hydrogens is 376 g/mol. The van der Waals surface area contributed by atoms with Crippen molar-refractivity contribution in [1.29, 1.82) is 0 Å². The number of aliphatic hydroxyl groups excluding tert-OH is 1. The molecule has 3 rings (SSSR count). The van der Waals surface area contributed by atoms with Crippen LogP contribution in [0.3, 0.4) is 0 Å². The van der Waals surface area contributed by atoms with Gasteiger partial charge in [-0.15, -0.1) is 0 Å². The lowest BCUT2D eigenvalue weighted by Gasteiger charge is -2.28. The Labute approximate surface area is 178 Å². The highest BCUT2D eigenvalue weighted by molar-refractivity contribution is 6.46. The number of likely N-dealkylation sites (tertiary alicyclic amines) is 1. The molecule has 1 fully saturated rings. The van der Waals surface area contributed by atoms with Gasteiger partial charge in [-0.3, -0.25) is 9.59 Å². The smallest absolute Gasteiger partial charge is 0.295 e. The van der Waals surface area contributed by atoms with Crippen molar-refractivity contribution < 1.29 is 14.7 Å². The summed E-state index contributed by atoms with van der Waals surface area (Å²) in [5.41, 5.74) is 3.42. The van der Waals surface area contributed by atoms with Crippen molar-refractivity contribution >= 4 is 17.4 Å². The first kappa shape index (κ1) is 21.8. The van der Waals surface area contributed by atoms with E-state index in [1.165, 1.54) is 0 Å². The van der Waals surface area contributed by atoms with Crippen molar-refractivity contribution in [3.63, 3.8) is 0 Å². The van der Waals surface area contributed by atoms with E-state index < -0.39 is 17.7 Å². The highest BCUT2D eigenvalue weighted by Gasteiger charge is 2.46. The number of benzene rings is 2. The number of ketones is 1. The highest BCUT2D eigenvalue weighted by atomic mass is 16.3. The largest absolute Gasteiger partial charge is 0.507 e. The van der Waals surface area contributed by atoms with Crippen molar-refractivity contribution in [2.75, 3.05) is 26.2 Å². The summed E-state index contributed by atoms with van der Waals surface area (Å²) in [6, 6.07) is 14.6. The zero-order valence-electron chi connectivity index (χ0n) is 18.2. The Morgan fingerprint density at radius 1 is 1.03 bits per heavy atom. The van der Waals surface area contributed by atoms with Crippen molar-refractivity contribution in [3.05, 3.63) is 76.4 Å². The average molecular weight is 407 g/mol. The van der Waals surface area contributed by atoms with E-state index in [4.69, 9.17) is 0 Å². The minimum atomic E-state index is -0.623. The van der Waals surface area contributed by atoms with Crippen LogP contribution in [0.15, 0.2) is 54.1 Å². The number of rotatable bonds is 7. The molecule has 2 aromatic rings. The molecule has 158 valence electrons. The number of aliphatic hydroxyl groups is 1. The summed E-state index contributed by atoms with van der Waals surface area (Å²) in [5.74, 6) is -1.28. The number of Topliss-reactive ketones (excluding diaryl/α,β-unsaturated/α-hetero) is 1. The molecule has 0 radical (unpaired) electrons. The Morgan fingerprint density at radius 2 is 1.70 bits per heavy atom. The van der Waals surface area contributed by atoms with Crippen LogP contribution in [0.4, 0.5) is 0 Å². The zero-order valence-corrected chi connectivity index (χ0v) is 18.2. The molecule has 30 heavy (non-hydrogen) atoms. The van der Waals surface area contributed by atoms with Gasteiger partial charge in [-0.1, -0.05) is 61.9 Å². The Hall–Kier alpha value is -2.92. The van der Waals surface area contributed by atoms with Crippen molar-refractivity contribution in [2.24, 2.45) is 0 Å². The number of amides is 1. The molecule has 1 saturated heterocycles. The first-order chi connectivity index (χ1) is 14.4. The van der Waals surface area contributed by atoms with Gasteiger partial charge < -0.3 is 14.9 Å². The van der Waals surface area contributed by atoms with E-state index in [9.17, 15) is 14.7 Å². The molecule has 0 aromatic heterocycles. The summed E-state index contributed by atoms with van der Waals surface area (Å²) in [4.78, 5) is 29.9. The minimum Gasteiger partial charge on any atom is -0.507 e. The van der Waals surface area contributed by atoms with Crippen LogP contribution in [-0.4, -0.2) is 52.8 Å². The highest BCUT2D eigenvalue weighted by Crippen LogP contribution is 2.39. The first-order valence-electron chi connectivity index (χ1n) is 10.5. The molecular formula is C25H30N2O3. The lowest BCUT2D eigenvalue weighted by atomic mass is 9.93. The van der Waals surface area contributed by atoms with Gasteiger partial charge in [-0.25, -0.2) is 0 Å². The maximum Gasteiger partial charge on any atom is 0.295 e. The number of aryl methyl sites for hydroxylation is 2. The van der Waals surface area contributed by atoms with Crippen molar-refractivity contribution in [1.82, 2.24) is 9.80 Å². The second-order valence-electron chi connectivity index (χ2n) is 7.75. The monoisotopic (exact) mass is 406 g/mol. The number of carbonyl (C=O) groups is 2. The minimum absolute atomic E-state index is 0.103. The molecule has 1 aliphatic rings. The summed E-state index contributed by atoms with van der Waals surface area (Å²) in [7, 11) is 0. The fourth-order valence-electron chi connectivity index (χ4n) is 4.02. The van der Waals surface area contributed by atoms with Crippen LogP contribution < -0.4 is 0 Å². The van der Waals surface area contributed by atoms with Gasteiger partial charge >= 0.3 is 0 Å². The summed E-state index contributed by atoms with van der Waals surface area (Å²) in [6.07, 6.45) is 0.